The van der Waals surface area contributed by atoms with Crippen LogP contribution < -0.4 is 10.1 Å². The Labute approximate surface area is 173 Å². The van der Waals surface area contributed by atoms with Gasteiger partial charge in [-0.1, -0.05) is 18.2 Å². The summed E-state index contributed by atoms with van der Waals surface area (Å²) in [6.07, 6.45) is 2.59. The predicted octanol–water partition coefficient (Wildman–Crippen LogP) is 2.45. The van der Waals surface area contributed by atoms with E-state index < -0.39 is 0 Å². The summed E-state index contributed by atoms with van der Waals surface area (Å²) in [5.74, 6) is 1.84. The maximum Gasteiger partial charge on any atom is 0.193 e. The number of nitrogens with zero attached hydrogens (tertiary/aromatic N) is 2. The molecule has 2 fully saturated rings. The van der Waals surface area contributed by atoms with Crippen LogP contribution in [0.1, 0.15) is 18.4 Å². The van der Waals surface area contributed by atoms with E-state index in [0.717, 1.165) is 49.8 Å². The summed E-state index contributed by atoms with van der Waals surface area (Å²) in [6.45, 7) is 6.61. The van der Waals surface area contributed by atoms with Crippen molar-refractivity contribution in [1.29, 1.82) is 0 Å². The van der Waals surface area contributed by atoms with E-state index in [0.29, 0.717) is 19.8 Å². The number of aliphatic imine (C=N–C) groups is 1. The van der Waals surface area contributed by atoms with Crippen molar-refractivity contribution in [2.45, 2.75) is 32.0 Å². The van der Waals surface area contributed by atoms with Crippen LogP contribution in [-0.4, -0.2) is 69.6 Å². The molecule has 0 aromatic heterocycles. The van der Waals surface area contributed by atoms with Crippen molar-refractivity contribution in [3.05, 3.63) is 29.8 Å². The summed E-state index contributed by atoms with van der Waals surface area (Å²) >= 11 is 0. The van der Waals surface area contributed by atoms with E-state index in [1.807, 2.05) is 25.2 Å². The van der Waals surface area contributed by atoms with Crippen LogP contribution in [0.5, 0.6) is 5.75 Å². The van der Waals surface area contributed by atoms with Gasteiger partial charge in [-0.15, -0.1) is 24.0 Å². The van der Waals surface area contributed by atoms with E-state index in [-0.39, 0.29) is 36.2 Å². The fraction of sp³-hybridized carbons (Fsp3) is 0.632. The molecule has 2 atom stereocenters. The molecule has 2 saturated heterocycles. The number of ether oxygens (including phenoxy) is 3. The van der Waals surface area contributed by atoms with Gasteiger partial charge in [-0.25, -0.2) is 0 Å². The average molecular weight is 475 g/mol. The highest BCUT2D eigenvalue weighted by molar-refractivity contribution is 14.0. The van der Waals surface area contributed by atoms with E-state index in [9.17, 15) is 0 Å². The maximum atomic E-state index is 5.91. The quantitative estimate of drug-likeness (QED) is 0.307. The van der Waals surface area contributed by atoms with Crippen LogP contribution in [0.15, 0.2) is 29.3 Å². The minimum atomic E-state index is 0. The number of hydrogen-bond donors (Lipinski definition) is 1. The molecule has 0 spiro atoms. The van der Waals surface area contributed by atoms with Crippen LogP contribution in [0.25, 0.3) is 0 Å². The molecule has 0 saturated carbocycles. The van der Waals surface area contributed by atoms with Gasteiger partial charge in [-0.2, -0.15) is 0 Å². The Bertz CT molecular complexity index is 579. The van der Waals surface area contributed by atoms with Crippen LogP contribution in [0.2, 0.25) is 0 Å². The molecule has 3 rings (SSSR count). The summed E-state index contributed by atoms with van der Waals surface area (Å²) in [4.78, 5) is 6.67. The smallest absolute Gasteiger partial charge is 0.193 e. The second kappa shape index (κ2) is 10.9. The number of rotatable bonds is 5. The van der Waals surface area contributed by atoms with Crippen molar-refractivity contribution in [3.63, 3.8) is 0 Å². The lowest BCUT2D eigenvalue weighted by atomic mass is 10.1. The molecule has 2 heterocycles. The molecule has 146 valence electrons. The fourth-order valence-corrected chi connectivity index (χ4v) is 3.36. The monoisotopic (exact) mass is 475 g/mol. The van der Waals surface area contributed by atoms with E-state index in [4.69, 9.17) is 14.2 Å². The van der Waals surface area contributed by atoms with Crippen molar-refractivity contribution in [2.75, 3.05) is 46.5 Å². The highest BCUT2D eigenvalue weighted by Gasteiger charge is 2.32. The van der Waals surface area contributed by atoms with Crippen molar-refractivity contribution < 1.29 is 14.2 Å². The molecule has 2 unspecified atom stereocenters. The number of aryl methyl sites for hydroxylation is 1. The van der Waals surface area contributed by atoms with Crippen LogP contribution in [0, 0.1) is 6.92 Å². The SMILES string of the molecule is CN=C(NCCOc1ccccc1C)N1CCOC(C2CCCO2)C1.I. The first-order valence-electron chi connectivity index (χ1n) is 9.15. The van der Waals surface area contributed by atoms with Crippen molar-refractivity contribution >= 4 is 29.9 Å². The molecular formula is C19H30IN3O3. The van der Waals surface area contributed by atoms with Crippen molar-refractivity contribution in [3.8, 4) is 5.75 Å². The summed E-state index contributed by atoms with van der Waals surface area (Å²) < 4.78 is 17.5. The van der Waals surface area contributed by atoms with Gasteiger partial charge in [0.15, 0.2) is 5.96 Å². The Balaban J connectivity index is 0.00000243. The second-order valence-corrected chi connectivity index (χ2v) is 6.49. The van der Waals surface area contributed by atoms with Gasteiger partial charge in [-0.3, -0.25) is 4.99 Å². The van der Waals surface area contributed by atoms with Gasteiger partial charge < -0.3 is 24.4 Å². The minimum Gasteiger partial charge on any atom is -0.491 e. The Morgan fingerprint density at radius 2 is 2.08 bits per heavy atom. The molecule has 2 aliphatic rings. The average Bonchev–Trinajstić information content (AvgIpc) is 3.18. The molecule has 26 heavy (non-hydrogen) atoms. The lowest BCUT2D eigenvalue weighted by Gasteiger charge is -2.37. The number of halogens is 1. The minimum absolute atomic E-state index is 0. The van der Waals surface area contributed by atoms with E-state index in [1.165, 1.54) is 0 Å². The largest absolute Gasteiger partial charge is 0.491 e. The van der Waals surface area contributed by atoms with E-state index in [1.54, 1.807) is 0 Å². The Morgan fingerprint density at radius 1 is 1.27 bits per heavy atom. The lowest BCUT2D eigenvalue weighted by Crippen LogP contribution is -2.53. The Kier molecular flexibility index (Phi) is 8.94. The van der Waals surface area contributed by atoms with Gasteiger partial charge in [0.2, 0.25) is 0 Å². The Hall–Kier alpha value is -1.06. The number of hydrogen-bond acceptors (Lipinski definition) is 4. The summed E-state index contributed by atoms with van der Waals surface area (Å²) in [5.41, 5.74) is 1.15. The third kappa shape index (κ3) is 5.72. The summed E-state index contributed by atoms with van der Waals surface area (Å²) in [5, 5.41) is 3.39. The normalized spacial score (nSPS) is 23.5. The molecule has 0 amide bonds. The molecule has 7 heteroatoms. The van der Waals surface area contributed by atoms with Crippen LogP contribution in [0.4, 0.5) is 0 Å². The third-order valence-corrected chi connectivity index (χ3v) is 4.72. The number of guanidine groups is 1. The highest BCUT2D eigenvalue weighted by atomic mass is 127. The van der Waals surface area contributed by atoms with Gasteiger partial charge in [-0.05, 0) is 31.4 Å². The van der Waals surface area contributed by atoms with Gasteiger partial charge in [0.25, 0.3) is 0 Å². The maximum absolute atomic E-state index is 5.91. The topological polar surface area (TPSA) is 55.3 Å². The molecule has 0 radical (unpaired) electrons. The predicted molar refractivity (Wildman–Crippen MR) is 114 cm³/mol. The number of benzene rings is 1. The lowest BCUT2D eigenvalue weighted by molar-refractivity contribution is -0.0817. The number of nitrogens with one attached hydrogen (secondary N) is 1. The van der Waals surface area contributed by atoms with Gasteiger partial charge in [0.05, 0.1) is 19.3 Å². The zero-order valence-electron chi connectivity index (χ0n) is 15.6. The van der Waals surface area contributed by atoms with Crippen molar-refractivity contribution in [1.82, 2.24) is 10.2 Å². The number of para-hydroxylation sites is 1. The zero-order chi connectivity index (χ0) is 17.5. The molecule has 1 N–H and O–H groups in total. The van der Waals surface area contributed by atoms with Crippen LogP contribution in [0.3, 0.4) is 0 Å². The summed E-state index contributed by atoms with van der Waals surface area (Å²) in [6, 6.07) is 8.07. The summed E-state index contributed by atoms with van der Waals surface area (Å²) in [7, 11) is 1.82. The van der Waals surface area contributed by atoms with Crippen LogP contribution >= 0.6 is 24.0 Å². The fourth-order valence-electron chi connectivity index (χ4n) is 3.36. The first-order chi connectivity index (χ1) is 12.3. The van der Waals surface area contributed by atoms with E-state index >= 15 is 0 Å². The second-order valence-electron chi connectivity index (χ2n) is 6.49. The molecule has 0 bridgehead atoms. The molecular weight excluding hydrogens is 445 g/mol. The molecule has 1 aromatic rings. The first kappa shape index (κ1) is 21.2. The third-order valence-electron chi connectivity index (χ3n) is 4.72. The molecule has 1 aromatic carbocycles. The first-order valence-corrected chi connectivity index (χ1v) is 9.15. The van der Waals surface area contributed by atoms with Crippen molar-refractivity contribution in [2.24, 2.45) is 4.99 Å². The molecule has 2 aliphatic heterocycles. The number of morpholine rings is 1. The zero-order valence-corrected chi connectivity index (χ0v) is 18.0. The molecule has 6 nitrogen and oxygen atoms in total. The van der Waals surface area contributed by atoms with E-state index in [2.05, 4.69) is 28.2 Å². The highest BCUT2D eigenvalue weighted by Crippen LogP contribution is 2.21. The van der Waals surface area contributed by atoms with Gasteiger partial charge in [0.1, 0.15) is 18.5 Å². The van der Waals surface area contributed by atoms with Gasteiger partial charge >= 0.3 is 0 Å². The standard InChI is InChI=1S/C19H29N3O3.HI/c1-15-6-3-4-7-16(15)24-12-9-21-19(20-2)22-10-13-25-18(14-22)17-8-5-11-23-17;/h3-4,6-7,17-18H,5,8-14H2,1-2H3,(H,20,21);1H. The Morgan fingerprint density at radius 3 is 2.81 bits per heavy atom. The molecule has 0 aliphatic carbocycles. The van der Waals surface area contributed by atoms with Gasteiger partial charge in [0, 0.05) is 26.7 Å². The van der Waals surface area contributed by atoms with Crippen LogP contribution in [-0.2, 0) is 9.47 Å².